The Bertz CT molecular complexity index is 260. The van der Waals surface area contributed by atoms with Crippen molar-refractivity contribution in [2.75, 3.05) is 33.3 Å². The van der Waals surface area contributed by atoms with Crippen molar-refractivity contribution < 1.29 is 14.3 Å². The number of morpholine rings is 1. The molecule has 0 aromatic rings. The number of amides is 1. The Kier molecular flexibility index (Phi) is 3.78. The van der Waals surface area contributed by atoms with E-state index in [4.69, 9.17) is 9.47 Å². The van der Waals surface area contributed by atoms with E-state index in [1.807, 2.05) is 14.0 Å². The number of likely N-dealkylation sites (N-methyl/N-ethyl adjacent to an activating group) is 1. The third-order valence-electron chi connectivity index (χ3n) is 3.09. The lowest BCUT2D eigenvalue weighted by molar-refractivity contribution is -0.140. The molecule has 0 aromatic heterocycles. The maximum absolute atomic E-state index is 11.6. The van der Waals surface area contributed by atoms with Crippen molar-refractivity contribution in [3.05, 3.63) is 0 Å². The lowest BCUT2D eigenvalue weighted by atomic mass is 10.2. The van der Waals surface area contributed by atoms with Crippen LogP contribution in [0, 0.1) is 0 Å². The highest BCUT2D eigenvalue weighted by Crippen LogP contribution is 2.14. The maximum atomic E-state index is 11.6. The zero-order chi connectivity index (χ0) is 11.5. The van der Waals surface area contributed by atoms with Crippen LogP contribution in [-0.2, 0) is 14.3 Å². The minimum Gasteiger partial charge on any atom is -0.370 e. The molecular weight excluding hydrogens is 208 g/mol. The van der Waals surface area contributed by atoms with Gasteiger partial charge in [-0.3, -0.25) is 4.79 Å². The number of rotatable bonds is 3. The van der Waals surface area contributed by atoms with Crippen LogP contribution in [0.5, 0.6) is 0 Å². The molecular formula is C11H20N2O3. The van der Waals surface area contributed by atoms with Crippen molar-refractivity contribution in [1.29, 1.82) is 0 Å². The summed E-state index contributed by atoms with van der Waals surface area (Å²) in [6.45, 7) is 5.03. The first kappa shape index (κ1) is 11.8. The molecule has 5 heteroatoms. The summed E-state index contributed by atoms with van der Waals surface area (Å²) in [6.07, 6.45) is 0.836. The minimum atomic E-state index is -0.258. The predicted octanol–water partition coefficient (Wildman–Crippen LogP) is -0.389. The molecule has 0 aromatic carbocycles. The van der Waals surface area contributed by atoms with Gasteiger partial charge >= 0.3 is 0 Å². The first-order chi connectivity index (χ1) is 7.66. The molecule has 2 heterocycles. The van der Waals surface area contributed by atoms with Gasteiger partial charge in [-0.25, -0.2) is 0 Å². The van der Waals surface area contributed by atoms with Crippen LogP contribution in [0.3, 0.4) is 0 Å². The molecule has 3 atom stereocenters. The Morgan fingerprint density at radius 3 is 3.00 bits per heavy atom. The van der Waals surface area contributed by atoms with Gasteiger partial charge < -0.3 is 19.7 Å². The highest BCUT2D eigenvalue weighted by molar-refractivity contribution is 5.82. The molecule has 0 saturated carbocycles. The molecule has 0 bridgehead atoms. The molecule has 2 fully saturated rings. The maximum Gasteiger partial charge on any atom is 0.251 e. The van der Waals surface area contributed by atoms with Gasteiger partial charge in [-0.1, -0.05) is 0 Å². The van der Waals surface area contributed by atoms with E-state index in [2.05, 4.69) is 5.32 Å². The van der Waals surface area contributed by atoms with E-state index in [-0.39, 0.29) is 24.2 Å². The van der Waals surface area contributed by atoms with Crippen LogP contribution in [0.4, 0.5) is 0 Å². The van der Waals surface area contributed by atoms with Gasteiger partial charge in [0.25, 0.3) is 5.91 Å². The van der Waals surface area contributed by atoms with E-state index in [1.54, 1.807) is 4.90 Å². The summed E-state index contributed by atoms with van der Waals surface area (Å²) in [5.74, 6) is 0.0943. The third-order valence-corrected chi connectivity index (χ3v) is 3.09. The van der Waals surface area contributed by atoms with E-state index in [1.165, 1.54) is 0 Å². The standard InChI is InChI=1S/C11H20N2O3/c1-8-5-12-6-9(16-8)7-15-10-3-4-13(2)11(10)14/h8-10,12H,3-7H2,1-2H3. The van der Waals surface area contributed by atoms with E-state index < -0.39 is 0 Å². The molecule has 92 valence electrons. The minimum absolute atomic E-state index is 0.0717. The van der Waals surface area contributed by atoms with Crippen LogP contribution < -0.4 is 5.32 Å². The van der Waals surface area contributed by atoms with E-state index in [9.17, 15) is 4.79 Å². The molecule has 2 rings (SSSR count). The molecule has 0 radical (unpaired) electrons. The van der Waals surface area contributed by atoms with Crippen LogP contribution in [0.1, 0.15) is 13.3 Å². The summed E-state index contributed by atoms with van der Waals surface area (Å²) in [5, 5.41) is 3.28. The monoisotopic (exact) mass is 228 g/mol. The fourth-order valence-corrected chi connectivity index (χ4v) is 2.14. The lowest BCUT2D eigenvalue weighted by Crippen LogP contribution is -2.46. The van der Waals surface area contributed by atoms with Crippen LogP contribution in [-0.4, -0.2) is 62.4 Å². The molecule has 1 amide bonds. The van der Waals surface area contributed by atoms with Crippen LogP contribution in [0.15, 0.2) is 0 Å². The Morgan fingerprint density at radius 2 is 2.38 bits per heavy atom. The second-order valence-electron chi connectivity index (χ2n) is 4.60. The van der Waals surface area contributed by atoms with Crippen LogP contribution in [0.2, 0.25) is 0 Å². The van der Waals surface area contributed by atoms with Crippen LogP contribution >= 0.6 is 0 Å². The fourth-order valence-electron chi connectivity index (χ4n) is 2.14. The molecule has 2 aliphatic heterocycles. The summed E-state index contributed by atoms with van der Waals surface area (Å²) >= 11 is 0. The number of likely N-dealkylation sites (tertiary alicyclic amines) is 1. The zero-order valence-electron chi connectivity index (χ0n) is 9.94. The van der Waals surface area contributed by atoms with Gasteiger partial charge in [0.2, 0.25) is 0 Å². The Labute approximate surface area is 96.1 Å². The van der Waals surface area contributed by atoms with Gasteiger partial charge in [0.05, 0.1) is 18.8 Å². The quantitative estimate of drug-likeness (QED) is 0.715. The lowest BCUT2D eigenvalue weighted by Gasteiger charge is -2.29. The first-order valence-electron chi connectivity index (χ1n) is 5.89. The molecule has 2 aliphatic rings. The average Bonchev–Trinajstić information content (AvgIpc) is 2.57. The smallest absolute Gasteiger partial charge is 0.251 e. The second-order valence-corrected chi connectivity index (χ2v) is 4.60. The van der Waals surface area contributed by atoms with Gasteiger partial charge in [-0.05, 0) is 6.92 Å². The van der Waals surface area contributed by atoms with Crippen molar-refractivity contribution >= 4 is 5.91 Å². The molecule has 2 saturated heterocycles. The van der Waals surface area contributed by atoms with Crippen LogP contribution in [0.25, 0.3) is 0 Å². The van der Waals surface area contributed by atoms with Gasteiger partial charge in [-0.2, -0.15) is 0 Å². The van der Waals surface area contributed by atoms with Crippen molar-refractivity contribution in [3.63, 3.8) is 0 Å². The third kappa shape index (κ3) is 2.72. The largest absolute Gasteiger partial charge is 0.370 e. The summed E-state index contributed by atoms with van der Waals surface area (Å²) in [6, 6.07) is 0. The number of hydrogen-bond acceptors (Lipinski definition) is 4. The highest BCUT2D eigenvalue weighted by Gasteiger charge is 2.31. The number of hydrogen-bond donors (Lipinski definition) is 1. The highest BCUT2D eigenvalue weighted by atomic mass is 16.5. The topological polar surface area (TPSA) is 50.8 Å². The van der Waals surface area contributed by atoms with Gasteiger partial charge in [0.1, 0.15) is 6.10 Å². The summed E-state index contributed by atoms with van der Waals surface area (Å²) in [7, 11) is 1.81. The predicted molar refractivity (Wildman–Crippen MR) is 59.2 cm³/mol. The number of nitrogens with one attached hydrogen (secondary N) is 1. The Balaban J connectivity index is 1.73. The molecule has 0 spiro atoms. The van der Waals surface area contributed by atoms with Gasteiger partial charge in [-0.15, -0.1) is 0 Å². The molecule has 16 heavy (non-hydrogen) atoms. The Hall–Kier alpha value is -0.650. The number of ether oxygens (including phenoxy) is 2. The molecule has 0 aliphatic carbocycles. The normalized spacial score (nSPS) is 35.8. The van der Waals surface area contributed by atoms with Crippen molar-refractivity contribution in [2.45, 2.75) is 31.7 Å². The second kappa shape index (κ2) is 5.12. The van der Waals surface area contributed by atoms with E-state index in [0.717, 1.165) is 26.1 Å². The van der Waals surface area contributed by atoms with E-state index >= 15 is 0 Å². The van der Waals surface area contributed by atoms with Gasteiger partial charge in [0, 0.05) is 33.1 Å². The first-order valence-corrected chi connectivity index (χ1v) is 5.89. The summed E-state index contributed by atoms with van der Waals surface area (Å²) < 4.78 is 11.3. The van der Waals surface area contributed by atoms with Crippen molar-refractivity contribution in [1.82, 2.24) is 10.2 Å². The molecule has 1 N–H and O–H groups in total. The molecule has 5 nitrogen and oxygen atoms in total. The summed E-state index contributed by atoms with van der Waals surface area (Å²) in [4.78, 5) is 13.3. The number of carbonyl (C=O) groups excluding carboxylic acids is 1. The number of nitrogens with zero attached hydrogens (tertiary/aromatic N) is 1. The van der Waals surface area contributed by atoms with Crippen molar-refractivity contribution in [3.8, 4) is 0 Å². The zero-order valence-corrected chi connectivity index (χ0v) is 9.94. The summed E-state index contributed by atoms with van der Waals surface area (Å²) in [5.41, 5.74) is 0. The van der Waals surface area contributed by atoms with Crippen molar-refractivity contribution in [2.24, 2.45) is 0 Å². The number of carbonyl (C=O) groups is 1. The Morgan fingerprint density at radius 1 is 1.56 bits per heavy atom. The fraction of sp³-hybridized carbons (Fsp3) is 0.909. The molecule has 3 unspecified atom stereocenters. The van der Waals surface area contributed by atoms with E-state index in [0.29, 0.717) is 6.61 Å². The van der Waals surface area contributed by atoms with Gasteiger partial charge in [0.15, 0.2) is 0 Å². The average molecular weight is 228 g/mol. The SMILES string of the molecule is CC1CNCC(COC2CCN(C)C2=O)O1.